The zero-order chi connectivity index (χ0) is 6.57. The van der Waals surface area contributed by atoms with E-state index in [0.717, 1.165) is 13.4 Å². The Labute approximate surface area is 45.9 Å². The first-order valence-electron chi connectivity index (χ1n) is 1.70. The van der Waals surface area contributed by atoms with Crippen molar-refractivity contribution in [3.05, 3.63) is 0 Å². The lowest BCUT2D eigenvalue weighted by Crippen LogP contribution is -2.28. The number of rotatable bonds is 2. The summed E-state index contributed by atoms with van der Waals surface area (Å²) in [6.07, 6.45) is 0.940. The zero-order valence-corrected chi connectivity index (χ0v) is 4.17. The summed E-state index contributed by atoms with van der Waals surface area (Å²) in [5.41, 5.74) is 0. The van der Waals surface area contributed by atoms with E-state index in [4.69, 9.17) is 5.84 Å². The molecule has 8 heavy (non-hydrogen) atoms. The van der Waals surface area contributed by atoms with Crippen LogP contribution in [0.1, 0.15) is 0 Å². The van der Waals surface area contributed by atoms with Crippen molar-refractivity contribution >= 4 is 12.2 Å². The number of carbonyl (C=O) groups excluding carboxylic acids is 2. The molecule has 0 fully saturated rings. The lowest BCUT2D eigenvalue weighted by molar-refractivity contribution is -0.172. The largest absolute Gasteiger partial charge is 0.338 e. The van der Waals surface area contributed by atoms with Gasteiger partial charge in [0.05, 0.1) is 7.11 Å². The molecule has 0 aromatic heterocycles. The van der Waals surface area contributed by atoms with Crippen molar-refractivity contribution in [2.24, 2.45) is 0 Å². The van der Waals surface area contributed by atoms with Gasteiger partial charge in [0.2, 0.25) is 0 Å². The predicted octanol–water partition coefficient (Wildman–Crippen LogP) is -1.32. The van der Waals surface area contributed by atoms with Crippen LogP contribution in [0.15, 0.2) is 0 Å². The molecular formula is C3H4N2O3. The molecule has 1 N–H and O–H groups in total. The molecule has 5 heteroatoms. The summed E-state index contributed by atoms with van der Waals surface area (Å²) >= 11 is 0. The minimum absolute atomic E-state index is 0.0347. The number of hydroxylamine groups is 1. The van der Waals surface area contributed by atoms with E-state index < -0.39 is 5.91 Å². The summed E-state index contributed by atoms with van der Waals surface area (Å²) in [6.45, 7) is 0. The second-order valence-corrected chi connectivity index (χ2v) is 0.884. The Kier molecular flexibility index (Phi) is 2.75. The third-order valence-electron chi connectivity index (χ3n) is 0.454. The Hall–Kier alpha value is -0.940. The highest BCUT2D eigenvalue weighted by Crippen LogP contribution is 1.75. The van der Waals surface area contributed by atoms with Gasteiger partial charge in [0, 0.05) is 0 Å². The van der Waals surface area contributed by atoms with E-state index in [1.807, 2.05) is 0 Å². The summed E-state index contributed by atoms with van der Waals surface area (Å²) in [4.78, 5) is 23.3. The van der Waals surface area contributed by atoms with Gasteiger partial charge in [-0.2, -0.15) is 0 Å². The normalized spacial score (nSPS) is 8.25. The number of nitrogens with zero attached hydrogens (tertiary/aromatic N) is 1. The Bertz CT molecular complexity index is 103. The maximum Gasteiger partial charge on any atom is 0.338 e. The highest BCUT2D eigenvalue weighted by Gasteiger charge is 2.06. The molecule has 1 amide bonds. The Morgan fingerprint density at radius 1 is 1.88 bits per heavy atom. The molecule has 0 spiro atoms. The highest BCUT2D eigenvalue weighted by atomic mass is 16.7. The molecule has 5 nitrogen and oxygen atoms in total. The molecule has 0 aromatic carbocycles. The number of amides is 1. The zero-order valence-electron chi connectivity index (χ0n) is 4.17. The molecule has 0 aliphatic rings. The van der Waals surface area contributed by atoms with Gasteiger partial charge in [-0.15, -0.1) is 11.0 Å². The second kappa shape index (κ2) is 3.11. The third kappa shape index (κ3) is 1.67. The monoisotopic (exact) mass is 116 g/mol. The van der Waals surface area contributed by atoms with Gasteiger partial charge >= 0.3 is 5.91 Å². The van der Waals surface area contributed by atoms with E-state index >= 15 is 0 Å². The van der Waals surface area contributed by atoms with Gasteiger partial charge in [-0.1, -0.05) is 0 Å². The summed E-state index contributed by atoms with van der Waals surface area (Å²) in [6, 6.07) is 0. The van der Waals surface area contributed by atoms with Crippen LogP contribution < -0.4 is 5.84 Å². The first-order chi connectivity index (χ1) is 3.72. The molecule has 0 unspecified atom stereocenters. The van der Waals surface area contributed by atoms with Gasteiger partial charge in [0.25, 0.3) is 6.29 Å². The van der Waals surface area contributed by atoms with E-state index in [9.17, 15) is 9.59 Å². The first-order valence-corrected chi connectivity index (χ1v) is 1.70. The van der Waals surface area contributed by atoms with Gasteiger partial charge < -0.3 is 0 Å². The fourth-order valence-electron chi connectivity index (χ4n) is 0.124. The lowest BCUT2D eigenvalue weighted by Gasteiger charge is -2.04. The summed E-state index contributed by atoms with van der Waals surface area (Å²) in [5.74, 6) is 5.28. The number of carbonyl (C=O) groups is 1. The average Bonchev–Trinajstić information content (AvgIpc) is 1.84. The van der Waals surface area contributed by atoms with E-state index in [0.29, 0.717) is 0 Å². The van der Waals surface area contributed by atoms with E-state index in [1.165, 1.54) is 0 Å². The molecule has 0 aromatic rings. The smallest absolute Gasteiger partial charge is 0.279 e. The Morgan fingerprint density at radius 3 is 2.50 bits per heavy atom. The van der Waals surface area contributed by atoms with Crippen LogP contribution in [0.2, 0.25) is 0 Å². The van der Waals surface area contributed by atoms with E-state index in [-0.39, 0.29) is 5.17 Å². The number of hydrogen-bond acceptors (Lipinski definition) is 3. The molecule has 0 saturated heterocycles. The van der Waals surface area contributed by atoms with Crippen molar-refractivity contribution in [2.75, 3.05) is 7.11 Å². The van der Waals surface area contributed by atoms with Gasteiger partial charge in [-0.3, -0.25) is 14.4 Å². The predicted molar refractivity (Wildman–Crippen MR) is 22.6 cm³/mol. The molecule has 0 rings (SSSR count). The van der Waals surface area contributed by atoms with Crippen molar-refractivity contribution in [2.45, 2.75) is 0 Å². The SMILES string of the molecule is CON([NH])C(=O)[C]=O. The van der Waals surface area contributed by atoms with E-state index in [1.54, 1.807) is 0 Å². The standard InChI is InChI=1S/C3H4N2O3/c1-8-5(4)3(7)2-6/h4H,1H3. The lowest BCUT2D eigenvalue weighted by atomic mass is 10.7. The Balaban J connectivity index is 3.62. The van der Waals surface area contributed by atoms with Crippen molar-refractivity contribution in [3.8, 4) is 0 Å². The van der Waals surface area contributed by atoms with Crippen molar-refractivity contribution in [3.63, 3.8) is 0 Å². The van der Waals surface area contributed by atoms with Crippen LogP contribution in [0.5, 0.6) is 0 Å². The molecule has 44 valence electrons. The van der Waals surface area contributed by atoms with Crippen LogP contribution in [0, 0.1) is 0 Å². The summed E-state index contributed by atoms with van der Waals surface area (Å²) in [7, 11) is 1.10. The van der Waals surface area contributed by atoms with Crippen LogP contribution in [-0.2, 0) is 14.4 Å². The molecule has 0 bridgehead atoms. The number of nitrogens with one attached hydrogen (secondary N) is 1. The van der Waals surface area contributed by atoms with Crippen LogP contribution in [0.25, 0.3) is 0 Å². The van der Waals surface area contributed by atoms with Gasteiger partial charge in [0.1, 0.15) is 0 Å². The van der Waals surface area contributed by atoms with E-state index in [2.05, 4.69) is 4.84 Å². The second-order valence-electron chi connectivity index (χ2n) is 0.884. The topological polar surface area (TPSA) is 70.4 Å². The molecule has 0 aliphatic heterocycles. The Morgan fingerprint density at radius 2 is 2.38 bits per heavy atom. The first kappa shape index (κ1) is 7.06. The summed E-state index contributed by atoms with van der Waals surface area (Å²) in [5, 5.41) is 0.0347. The molecule has 0 aliphatic carbocycles. The van der Waals surface area contributed by atoms with Gasteiger partial charge in [0.15, 0.2) is 0 Å². The molecule has 2 radical (unpaired) electrons. The molecular weight excluding hydrogens is 112 g/mol. The molecule has 0 saturated carbocycles. The van der Waals surface area contributed by atoms with Crippen molar-refractivity contribution < 1.29 is 14.4 Å². The van der Waals surface area contributed by atoms with Crippen molar-refractivity contribution in [1.82, 2.24) is 11.0 Å². The summed E-state index contributed by atoms with van der Waals surface area (Å²) < 4.78 is 0. The quantitative estimate of drug-likeness (QED) is 0.332. The minimum Gasteiger partial charge on any atom is -0.279 e. The van der Waals surface area contributed by atoms with Crippen molar-refractivity contribution in [1.29, 1.82) is 0 Å². The fourth-order valence-corrected chi connectivity index (χ4v) is 0.124. The third-order valence-corrected chi connectivity index (χ3v) is 0.454. The van der Waals surface area contributed by atoms with Crippen LogP contribution >= 0.6 is 0 Å². The highest BCUT2D eigenvalue weighted by molar-refractivity contribution is 6.23. The maximum atomic E-state index is 9.93. The van der Waals surface area contributed by atoms with Crippen LogP contribution in [-0.4, -0.2) is 24.5 Å². The average molecular weight is 116 g/mol. The minimum atomic E-state index is -1.15. The van der Waals surface area contributed by atoms with Crippen LogP contribution in [0.4, 0.5) is 0 Å². The van der Waals surface area contributed by atoms with Gasteiger partial charge in [-0.25, -0.2) is 0 Å². The number of hydrogen-bond donors (Lipinski definition) is 0. The fraction of sp³-hybridized carbons (Fsp3) is 0.333. The van der Waals surface area contributed by atoms with Gasteiger partial charge in [-0.05, 0) is 0 Å². The molecule has 0 heterocycles. The van der Waals surface area contributed by atoms with Crippen LogP contribution in [0.3, 0.4) is 0 Å². The molecule has 0 atom stereocenters. The maximum absolute atomic E-state index is 9.93.